The molecule has 1 aliphatic rings. The first-order chi connectivity index (χ1) is 9.79. The van der Waals surface area contributed by atoms with Crippen LogP contribution in [0.15, 0.2) is 36.4 Å². The van der Waals surface area contributed by atoms with Crippen LogP contribution < -0.4 is 0 Å². The van der Waals surface area contributed by atoms with Crippen molar-refractivity contribution >= 4 is 12.0 Å². The SMILES string of the molecule is CCOC(=O)c1[nH]nc2c1C=C[C@@H](c1ccccc1)C2. The number of ether oxygens (including phenoxy) is 1. The predicted octanol–water partition coefficient (Wildman–Crippen LogP) is 2.94. The fourth-order valence-corrected chi connectivity index (χ4v) is 2.50. The summed E-state index contributed by atoms with van der Waals surface area (Å²) < 4.78 is 5.02. The van der Waals surface area contributed by atoms with Crippen molar-refractivity contribution in [2.75, 3.05) is 6.61 Å². The molecule has 0 unspecified atom stereocenters. The Labute approximate surface area is 117 Å². The number of aromatic nitrogens is 2. The number of allylic oxidation sites excluding steroid dienone is 1. The quantitative estimate of drug-likeness (QED) is 0.871. The molecule has 3 rings (SSSR count). The third-order valence-corrected chi connectivity index (χ3v) is 3.50. The number of fused-ring (bicyclic) bond motifs is 1. The Kier molecular flexibility index (Phi) is 3.37. The summed E-state index contributed by atoms with van der Waals surface area (Å²) in [6.07, 6.45) is 4.88. The van der Waals surface area contributed by atoms with Crippen molar-refractivity contribution < 1.29 is 9.53 Å². The third-order valence-electron chi connectivity index (χ3n) is 3.50. The van der Waals surface area contributed by atoms with Crippen LogP contribution in [-0.2, 0) is 11.2 Å². The number of carbonyl (C=O) groups excluding carboxylic acids is 1. The van der Waals surface area contributed by atoms with Crippen LogP contribution >= 0.6 is 0 Å². The van der Waals surface area contributed by atoms with Crippen LogP contribution in [0.5, 0.6) is 0 Å². The highest BCUT2D eigenvalue weighted by molar-refractivity contribution is 5.92. The molecule has 0 saturated heterocycles. The minimum atomic E-state index is -0.343. The number of H-pyrrole nitrogens is 1. The molecule has 1 N–H and O–H groups in total. The molecule has 4 nitrogen and oxygen atoms in total. The number of hydrogen-bond donors (Lipinski definition) is 1. The maximum absolute atomic E-state index is 11.8. The van der Waals surface area contributed by atoms with E-state index in [1.807, 2.05) is 24.3 Å². The first-order valence-electron chi connectivity index (χ1n) is 6.77. The molecule has 0 fully saturated rings. The smallest absolute Gasteiger partial charge is 0.356 e. The molecule has 0 spiro atoms. The van der Waals surface area contributed by atoms with E-state index in [2.05, 4.69) is 28.4 Å². The van der Waals surface area contributed by atoms with Gasteiger partial charge in [0.25, 0.3) is 0 Å². The number of nitrogens with one attached hydrogen (secondary N) is 1. The summed E-state index contributed by atoms with van der Waals surface area (Å²) >= 11 is 0. The molecule has 0 saturated carbocycles. The number of hydrogen-bond acceptors (Lipinski definition) is 3. The van der Waals surface area contributed by atoms with E-state index in [1.165, 1.54) is 5.56 Å². The molecule has 0 aliphatic heterocycles. The Bertz CT molecular complexity index is 644. The van der Waals surface area contributed by atoms with Gasteiger partial charge in [-0.25, -0.2) is 4.79 Å². The van der Waals surface area contributed by atoms with Crippen molar-refractivity contribution in [1.29, 1.82) is 0 Å². The molecule has 1 aromatic heterocycles. The van der Waals surface area contributed by atoms with Crippen LogP contribution in [0.25, 0.3) is 6.08 Å². The summed E-state index contributed by atoms with van der Waals surface area (Å²) in [5, 5.41) is 7.06. The van der Waals surface area contributed by atoms with Gasteiger partial charge in [0, 0.05) is 17.9 Å². The molecular weight excluding hydrogens is 252 g/mol. The molecule has 0 bridgehead atoms. The van der Waals surface area contributed by atoms with Gasteiger partial charge in [-0.05, 0) is 12.5 Å². The van der Waals surface area contributed by atoms with Gasteiger partial charge in [0.1, 0.15) is 0 Å². The van der Waals surface area contributed by atoms with Gasteiger partial charge in [-0.2, -0.15) is 5.10 Å². The van der Waals surface area contributed by atoms with Gasteiger partial charge in [-0.15, -0.1) is 0 Å². The van der Waals surface area contributed by atoms with Gasteiger partial charge < -0.3 is 4.74 Å². The van der Waals surface area contributed by atoms with Gasteiger partial charge >= 0.3 is 5.97 Å². The summed E-state index contributed by atoms with van der Waals surface area (Å²) in [7, 11) is 0. The summed E-state index contributed by atoms with van der Waals surface area (Å²) in [5.74, 6) is -0.0360. The van der Waals surface area contributed by atoms with Crippen molar-refractivity contribution in [3.63, 3.8) is 0 Å². The zero-order valence-corrected chi connectivity index (χ0v) is 11.3. The molecule has 1 aromatic carbocycles. The lowest BCUT2D eigenvalue weighted by molar-refractivity contribution is 0.0519. The van der Waals surface area contributed by atoms with Gasteiger partial charge in [0.05, 0.1) is 12.3 Å². The second-order valence-electron chi connectivity index (χ2n) is 4.76. The minimum absolute atomic E-state index is 0.307. The summed E-state index contributed by atoms with van der Waals surface area (Å²) in [5.41, 5.74) is 3.49. The van der Waals surface area contributed by atoms with E-state index in [0.29, 0.717) is 18.2 Å². The second kappa shape index (κ2) is 5.33. The Morgan fingerprint density at radius 2 is 2.20 bits per heavy atom. The number of nitrogens with zero attached hydrogens (tertiary/aromatic N) is 1. The Morgan fingerprint density at radius 3 is 2.95 bits per heavy atom. The maximum atomic E-state index is 11.8. The Hall–Kier alpha value is -2.36. The van der Waals surface area contributed by atoms with Crippen molar-refractivity contribution in [2.24, 2.45) is 0 Å². The van der Waals surface area contributed by atoms with Crippen LogP contribution in [0.1, 0.15) is 40.2 Å². The number of rotatable bonds is 3. The van der Waals surface area contributed by atoms with Gasteiger partial charge in [-0.3, -0.25) is 5.10 Å². The average Bonchev–Trinajstić information content (AvgIpc) is 2.91. The van der Waals surface area contributed by atoms with E-state index in [-0.39, 0.29) is 5.97 Å². The number of benzene rings is 1. The highest BCUT2D eigenvalue weighted by atomic mass is 16.5. The summed E-state index contributed by atoms with van der Waals surface area (Å²) in [6.45, 7) is 2.16. The normalized spacial score (nSPS) is 16.8. The Morgan fingerprint density at radius 1 is 1.40 bits per heavy atom. The molecule has 0 radical (unpaired) electrons. The first kappa shape index (κ1) is 12.7. The molecule has 1 aliphatic carbocycles. The fourth-order valence-electron chi connectivity index (χ4n) is 2.50. The first-order valence-corrected chi connectivity index (χ1v) is 6.77. The third kappa shape index (κ3) is 2.25. The molecule has 1 heterocycles. The Balaban J connectivity index is 1.87. The van der Waals surface area contributed by atoms with Crippen LogP contribution in [0.2, 0.25) is 0 Å². The molecule has 2 aromatic rings. The van der Waals surface area contributed by atoms with Crippen LogP contribution in [0, 0.1) is 0 Å². The lowest BCUT2D eigenvalue weighted by Crippen LogP contribution is -2.09. The zero-order valence-electron chi connectivity index (χ0n) is 11.3. The summed E-state index contributed by atoms with van der Waals surface area (Å²) in [6, 6.07) is 10.3. The van der Waals surface area contributed by atoms with Gasteiger partial charge in [0.2, 0.25) is 0 Å². The topological polar surface area (TPSA) is 55.0 Å². The lowest BCUT2D eigenvalue weighted by atomic mass is 9.88. The van der Waals surface area contributed by atoms with Gasteiger partial charge in [-0.1, -0.05) is 42.5 Å². The lowest BCUT2D eigenvalue weighted by Gasteiger charge is -2.16. The van der Waals surface area contributed by atoms with Crippen LogP contribution in [0.4, 0.5) is 0 Å². The molecule has 0 amide bonds. The zero-order chi connectivity index (χ0) is 13.9. The van der Waals surface area contributed by atoms with Crippen molar-refractivity contribution in [1.82, 2.24) is 10.2 Å². The minimum Gasteiger partial charge on any atom is -0.461 e. The molecule has 102 valence electrons. The molecule has 20 heavy (non-hydrogen) atoms. The molecule has 4 heteroatoms. The van der Waals surface area contributed by atoms with Crippen molar-refractivity contribution in [2.45, 2.75) is 19.3 Å². The standard InChI is InChI=1S/C16H16N2O2/c1-2-20-16(19)15-13-9-8-12(10-14(13)17-18-15)11-6-4-3-5-7-11/h3-9,12H,2,10H2,1H3,(H,17,18)/t12-/m1/s1. The highest BCUT2D eigenvalue weighted by Crippen LogP contribution is 2.30. The number of carbonyl (C=O) groups is 1. The van der Waals surface area contributed by atoms with E-state index >= 15 is 0 Å². The van der Waals surface area contributed by atoms with Gasteiger partial charge in [0.15, 0.2) is 5.69 Å². The van der Waals surface area contributed by atoms with Crippen molar-refractivity contribution in [3.8, 4) is 0 Å². The van der Waals surface area contributed by atoms with E-state index in [1.54, 1.807) is 6.92 Å². The van der Waals surface area contributed by atoms with E-state index in [0.717, 1.165) is 17.7 Å². The highest BCUT2D eigenvalue weighted by Gasteiger charge is 2.24. The molecular formula is C16H16N2O2. The largest absolute Gasteiger partial charge is 0.461 e. The fraction of sp³-hybridized carbons (Fsp3) is 0.250. The average molecular weight is 268 g/mol. The molecule has 1 atom stereocenters. The van der Waals surface area contributed by atoms with E-state index < -0.39 is 0 Å². The summed E-state index contributed by atoms with van der Waals surface area (Å²) in [4.78, 5) is 11.8. The van der Waals surface area contributed by atoms with E-state index in [9.17, 15) is 4.79 Å². The van der Waals surface area contributed by atoms with Crippen LogP contribution in [0.3, 0.4) is 0 Å². The second-order valence-corrected chi connectivity index (χ2v) is 4.76. The maximum Gasteiger partial charge on any atom is 0.356 e. The predicted molar refractivity (Wildman–Crippen MR) is 76.5 cm³/mol. The monoisotopic (exact) mass is 268 g/mol. The number of esters is 1. The van der Waals surface area contributed by atoms with Crippen molar-refractivity contribution in [3.05, 3.63) is 58.9 Å². The van der Waals surface area contributed by atoms with E-state index in [4.69, 9.17) is 4.74 Å². The number of aromatic amines is 1. The van der Waals surface area contributed by atoms with Crippen LogP contribution in [-0.4, -0.2) is 22.8 Å².